The van der Waals surface area contributed by atoms with Crippen molar-refractivity contribution in [2.75, 3.05) is 13.2 Å². The Labute approximate surface area is 465 Å². The highest BCUT2D eigenvalue weighted by Crippen LogP contribution is 2.18. The fourth-order valence-electron chi connectivity index (χ4n) is 9.41. The fraction of sp³-hybridized carbons (Fsp3) is 0.783. The van der Waals surface area contributed by atoms with Gasteiger partial charge in [-0.1, -0.05) is 325 Å². The summed E-state index contributed by atoms with van der Waals surface area (Å²) in [7, 11) is 0. The first-order chi connectivity index (χ1) is 37.0. The number of ether oxygens (including phenoxy) is 3. The van der Waals surface area contributed by atoms with E-state index in [1.54, 1.807) is 0 Å². The molecule has 0 aliphatic rings. The molecule has 1 unspecified atom stereocenters. The third-order valence-electron chi connectivity index (χ3n) is 14.2. The molecule has 0 heterocycles. The summed E-state index contributed by atoms with van der Waals surface area (Å²) in [5.74, 6) is -0.969. The van der Waals surface area contributed by atoms with E-state index in [0.29, 0.717) is 19.3 Å². The van der Waals surface area contributed by atoms with Gasteiger partial charge < -0.3 is 14.2 Å². The maximum Gasteiger partial charge on any atom is 0.306 e. The highest BCUT2D eigenvalue weighted by Gasteiger charge is 2.19. The molecule has 0 saturated carbocycles. The molecular weight excluding hydrogens is 925 g/mol. The average Bonchev–Trinajstić information content (AvgIpc) is 3.41. The first-order valence-corrected chi connectivity index (χ1v) is 32.4. The molecule has 0 fully saturated rings. The molecule has 0 aromatic heterocycles. The predicted octanol–water partition coefficient (Wildman–Crippen LogP) is 22.1. The molecule has 0 aliphatic heterocycles. The van der Waals surface area contributed by atoms with E-state index in [-0.39, 0.29) is 37.5 Å². The first kappa shape index (κ1) is 71.8. The lowest BCUT2D eigenvalue weighted by Crippen LogP contribution is -2.30. The molecule has 0 bridgehead atoms. The van der Waals surface area contributed by atoms with Crippen LogP contribution >= 0.6 is 0 Å². The van der Waals surface area contributed by atoms with E-state index in [4.69, 9.17) is 14.2 Å². The van der Waals surface area contributed by atoms with Gasteiger partial charge in [0, 0.05) is 19.3 Å². The van der Waals surface area contributed by atoms with Crippen LogP contribution in [0.4, 0.5) is 0 Å². The Morgan fingerprint density at radius 2 is 0.520 bits per heavy atom. The Morgan fingerprint density at radius 3 is 0.787 bits per heavy atom. The molecule has 75 heavy (non-hydrogen) atoms. The van der Waals surface area contributed by atoms with Gasteiger partial charge in [0.05, 0.1) is 0 Å². The van der Waals surface area contributed by atoms with Gasteiger partial charge in [-0.05, 0) is 57.8 Å². The number of hydrogen-bond acceptors (Lipinski definition) is 6. The Balaban J connectivity index is 4.34. The predicted molar refractivity (Wildman–Crippen MR) is 325 cm³/mol. The Morgan fingerprint density at radius 1 is 0.280 bits per heavy atom. The third-order valence-corrected chi connectivity index (χ3v) is 14.2. The number of hydrogen-bond donors (Lipinski definition) is 0. The monoisotopic (exact) mass is 1050 g/mol. The van der Waals surface area contributed by atoms with Gasteiger partial charge in [-0.2, -0.15) is 0 Å². The first-order valence-electron chi connectivity index (χ1n) is 32.4. The largest absolute Gasteiger partial charge is 0.462 e. The zero-order chi connectivity index (χ0) is 54.3. The number of allylic oxidation sites excluding steroid dienone is 12. The molecule has 1 atom stereocenters. The number of carbonyl (C=O) groups excluding carboxylic acids is 3. The van der Waals surface area contributed by atoms with Crippen molar-refractivity contribution in [2.45, 2.75) is 335 Å². The quantitative estimate of drug-likeness (QED) is 0.0261. The van der Waals surface area contributed by atoms with Crippen molar-refractivity contribution >= 4 is 17.9 Å². The van der Waals surface area contributed by atoms with Crippen molar-refractivity contribution in [1.29, 1.82) is 0 Å². The van der Waals surface area contributed by atoms with E-state index in [9.17, 15) is 14.4 Å². The topological polar surface area (TPSA) is 78.9 Å². The van der Waals surface area contributed by atoms with Gasteiger partial charge in [0.2, 0.25) is 0 Å². The molecule has 0 N–H and O–H groups in total. The summed E-state index contributed by atoms with van der Waals surface area (Å²) in [6, 6.07) is 0. The van der Waals surface area contributed by atoms with Crippen molar-refractivity contribution in [3.63, 3.8) is 0 Å². The van der Waals surface area contributed by atoms with Crippen molar-refractivity contribution in [3.8, 4) is 0 Å². The number of rotatable bonds is 59. The molecule has 6 nitrogen and oxygen atoms in total. The highest BCUT2D eigenvalue weighted by molar-refractivity contribution is 5.71. The maximum absolute atomic E-state index is 12.9. The van der Waals surface area contributed by atoms with Gasteiger partial charge in [-0.15, -0.1) is 0 Å². The van der Waals surface area contributed by atoms with Crippen LogP contribution in [-0.4, -0.2) is 37.2 Å². The Hall–Kier alpha value is -3.15. The normalized spacial score (nSPS) is 12.5. The molecule has 0 rings (SSSR count). The van der Waals surface area contributed by atoms with E-state index in [2.05, 4.69) is 87.6 Å². The Bertz CT molecular complexity index is 1390. The number of esters is 3. The minimum Gasteiger partial charge on any atom is -0.462 e. The van der Waals surface area contributed by atoms with Crippen LogP contribution in [0.2, 0.25) is 0 Å². The fourth-order valence-corrected chi connectivity index (χ4v) is 9.41. The molecule has 0 aromatic rings. The van der Waals surface area contributed by atoms with Crippen LogP contribution in [0.25, 0.3) is 0 Å². The van der Waals surface area contributed by atoms with Crippen molar-refractivity contribution in [2.24, 2.45) is 0 Å². The summed E-state index contributed by atoms with van der Waals surface area (Å²) < 4.78 is 16.9. The summed E-state index contributed by atoms with van der Waals surface area (Å²) in [6.07, 6.45) is 82.2. The molecule has 0 amide bonds. The third kappa shape index (κ3) is 61.6. The molecular formula is C69H122O6. The van der Waals surface area contributed by atoms with Crippen LogP contribution in [0.1, 0.15) is 329 Å². The number of carbonyl (C=O) groups is 3. The zero-order valence-corrected chi connectivity index (χ0v) is 49.8. The van der Waals surface area contributed by atoms with Crippen molar-refractivity contribution < 1.29 is 28.6 Å². The van der Waals surface area contributed by atoms with E-state index in [1.165, 1.54) is 205 Å². The lowest BCUT2D eigenvalue weighted by Gasteiger charge is -2.18. The summed E-state index contributed by atoms with van der Waals surface area (Å²) >= 11 is 0. The van der Waals surface area contributed by atoms with E-state index < -0.39 is 6.10 Å². The van der Waals surface area contributed by atoms with Crippen LogP contribution in [0.15, 0.2) is 72.9 Å². The van der Waals surface area contributed by atoms with Crippen LogP contribution < -0.4 is 0 Å². The molecule has 0 aliphatic carbocycles. The molecule has 0 spiro atoms. The summed E-state index contributed by atoms with van der Waals surface area (Å²) in [6.45, 7) is 6.51. The minimum absolute atomic E-state index is 0.101. The second-order valence-corrected chi connectivity index (χ2v) is 21.7. The van der Waals surface area contributed by atoms with E-state index in [0.717, 1.165) is 77.0 Å². The summed E-state index contributed by atoms with van der Waals surface area (Å²) in [4.78, 5) is 38.2. The van der Waals surface area contributed by atoms with E-state index in [1.807, 2.05) is 6.08 Å². The van der Waals surface area contributed by atoms with Gasteiger partial charge in [0.1, 0.15) is 13.2 Å². The number of unbranched alkanes of at least 4 members (excludes halogenated alkanes) is 36. The van der Waals surface area contributed by atoms with Crippen LogP contribution in [0, 0.1) is 0 Å². The second-order valence-electron chi connectivity index (χ2n) is 21.7. The summed E-state index contributed by atoms with van der Waals surface area (Å²) in [5, 5.41) is 0. The smallest absolute Gasteiger partial charge is 0.306 e. The van der Waals surface area contributed by atoms with Gasteiger partial charge >= 0.3 is 17.9 Å². The van der Waals surface area contributed by atoms with Crippen LogP contribution in [-0.2, 0) is 28.6 Å². The highest BCUT2D eigenvalue weighted by atomic mass is 16.6. The average molecular weight is 1050 g/mol. The standard InChI is InChI=1S/C69H122O6/c1-4-7-10-13-16-19-22-25-27-29-31-32-33-34-35-36-38-39-41-44-47-50-53-56-59-62-68(71)74-65-66(64-73-67(70)61-58-55-52-49-46-43-24-21-18-15-12-9-6-3)75-69(72)63-60-57-54-51-48-45-42-40-37-30-28-26-23-20-17-14-11-8-5-2/h8,11,17,20,26,28,37,40,45,48,54,57,66H,4-7,9-10,12-16,18-19,21-25,27,29-36,38-39,41-44,46-47,49-53,55-56,58-65H2,1-3H3/b11-8-,20-17-,28-26-,40-37-,48-45-,57-54-. The maximum atomic E-state index is 12.9. The molecule has 0 radical (unpaired) electrons. The molecule has 6 heteroatoms. The van der Waals surface area contributed by atoms with Gasteiger partial charge in [-0.3, -0.25) is 14.4 Å². The second kappa shape index (κ2) is 63.4. The lowest BCUT2D eigenvalue weighted by atomic mass is 10.0. The lowest BCUT2D eigenvalue weighted by molar-refractivity contribution is -0.166. The van der Waals surface area contributed by atoms with Gasteiger partial charge in [-0.25, -0.2) is 0 Å². The van der Waals surface area contributed by atoms with Crippen molar-refractivity contribution in [1.82, 2.24) is 0 Å². The Kier molecular flexibility index (Phi) is 60.7. The molecule has 0 saturated heterocycles. The summed E-state index contributed by atoms with van der Waals surface area (Å²) in [5.41, 5.74) is 0. The van der Waals surface area contributed by atoms with Crippen molar-refractivity contribution in [3.05, 3.63) is 72.9 Å². The molecule has 434 valence electrons. The minimum atomic E-state index is -0.814. The van der Waals surface area contributed by atoms with Crippen LogP contribution in [0.5, 0.6) is 0 Å². The van der Waals surface area contributed by atoms with Gasteiger partial charge in [0.25, 0.3) is 0 Å². The van der Waals surface area contributed by atoms with Crippen LogP contribution in [0.3, 0.4) is 0 Å². The zero-order valence-electron chi connectivity index (χ0n) is 49.8. The SMILES string of the molecule is CC/C=C\C/C=C\C/C=C\C/C=C\C/C=C\C/C=C\CCC(=O)OC(COC(=O)CCCCCCCCCCCCCCC)COC(=O)CCCCCCCCCCCCCCCCCCCCCCCCCCC. The van der Waals surface area contributed by atoms with Gasteiger partial charge in [0.15, 0.2) is 6.10 Å². The molecule has 0 aromatic carbocycles. The van der Waals surface area contributed by atoms with E-state index >= 15 is 0 Å².